The minimum Gasteiger partial charge on any atom is -0.477 e. The fourth-order valence-electron chi connectivity index (χ4n) is 2.43. The number of hydrogen-bond donors (Lipinski definition) is 2. The molecule has 0 aliphatic carbocycles. The van der Waals surface area contributed by atoms with Crippen molar-refractivity contribution in [2.24, 2.45) is 0 Å². The average Bonchev–Trinajstić information content (AvgIpc) is 2.61. The normalized spacial score (nSPS) is 12.2. The highest BCUT2D eigenvalue weighted by Gasteiger charge is 2.27. The van der Waals surface area contributed by atoms with Gasteiger partial charge < -0.3 is 15.4 Å². The molecule has 0 radical (unpaired) electrons. The van der Waals surface area contributed by atoms with Crippen molar-refractivity contribution in [2.45, 2.75) is 39.4 Å². The molecule has 0 aromatic carbocycles. The molecule has 0 spiro atoms. The second kappa shape index (κ2) is 9.35. The first kappa shape index (κ1) is 22.1. The number of carbonyl (C=O) groups is 2. The number of ether oxygens (including phenoxy) is 1. The molecule has 1 unspecified atom stereocenters. The van der Waals surface area contributed by atoms with Gasteiger partial charge in [-0.2, -0.15) is 13.2 Å². The number of hydrogen-bond acceptors (Lipinski definition) is 5. The SMILES string of the molecule is CC(=O)Nc1cc(C(C)NC(=O)c2cnc(OCCC(F)(F)F)c(C)c2)ccn1. The van der Waals surface area contributed by atoms with E-state index in [1.54, 1.807) is 26.0 Å². The summed E-state index contributed by atoms with van der Waals surface area (Å²) in [5.41, 5.74) is 1.42. The highest BCUT2D eigenvalue weighted by atomic mass is 19.4. The van der Waals surface area contributed by atoms with Crippen molar-refractivity contribution in [3.63, 3.8) is 0 Å². The lowest BCUT2D eigenvalue weighted by Crippen LogP contribution is -2.27. The van der Waals surface area contributed by atoms with E-state index in [0.29, 0.717) is 11.4 Å². The second-order valence-electron chi connectivity index (χ2n) is 6.41. The summed E-state index contributed by atoms with van der Waals surface area (Å²) >= 11 is 0. The summed E-state index contributed by atoms with van der Waals surface area (Å²) in [7, 11) is 0. The van der Waals surface area contributed by atoms with Crippen molar-refractivity contribution in [2.75, 3.05) is 11.9 Å². The van der Waals surface area contributed by atoms with E-state index < -0.39 is 25.1 Å². The van der Waals surface area contributed by atoms with Crippen LogP contribution in [0.2, 0.25) is 0 Å². The number of nitrogens with one attached hydrogen (secondary N) is 2. The predicted molar refractivity (Wildman–Crippen MR) is 99.6 cm³/mol. The van der Waals surface area contributed by atoms with Crippen LogP contribution in [0.1, 0.15) is 47.8 Å². The Bertz CT molecular complexity index is 887. The van der Waals surface area contributed by atoms with Crippen LogP contribution in [-0.4, -0.2) is 34.6 Å². The molecule has 0 saturated carbocycles. The predicted octanol–water partition coefficient (Wildman–Crippen LogP) is 3.57. The Morgan fingerprint density at radius 3 is 2.59 bits per heavy atom. The van der Waals surface area contributed by atoms with Gasteiger partial charge in [0.2, 0.25) is 11.8 Å². The number of pyridine rings is 2. The Morgan fingerprint density at radius 1 is 1.24 bits per heavy atom. The number of nitrogens with zero attached hydrogens (tertiary/aromatic N) is 2. The molecule has 2 N–H and O–H groups in total. The lowest BCUT2D eigenvalue weighted by molar-refractivity contribution is -0.139. The first-order valence-electron chi connectivity index (χ1n) is 8.76. The van der Waals surface area contributed by atoms with E-state index in [-0.39, 0.29) is 23.4 Å². The molecule has 2 heterocycles. The largest absolute Gasteiger partial charge is 0.477 e. The summed E-state index contributed by atoms with van der Waals surface area (Å²) in [5, 5.41) is 5.36. The first-order valence-corrected chi connectivity index (χ1v) is 8.76. The van der Waals surface area contributed by atoms with Gasteiger partial charge >= 0.3 is 6.18 Å². The third-order valence-corrected chi connectivity index (χ3v) is 3.85. The summed E-state index contributed by atoms with van der Waals surface area (Å²) in [4.78, 5) is 31.6. The van der Waals surface area contributed by atoms with Crippen LogP contribution < -0.4 is 15.4 Å². The van der Waals surface area contributed by atoms with Gasteiger partial charge in [0.05, 0.1) is 24.6 Å². The van der Waals surface area contributed by atoms with Gasteiger partial charge in [0.1, 0.15) is 5.82 Å². The number of anilines is 1. The molecule has 10 heteroatoms. The number of alkyl halides is 3. The molecule has 7 nitrogen and oxygen atoms in total. The fourth-order valence-corrected chi connectivity index (χ4v) is 2.43. The van der Waals surface area contributed by atoms with E-state index in [4.69, 9.17) is 4.74 Å². The molecule has 1 atom stereocenters. The summed E-state index contributed by atoms with van der Waals surface area (Å²) < 4.78 is 41.6. The van der Waals surface area contributed by atoms with Gasteiger partial charge in [-0.05, 0) is 37.6 Å². The molecule has 2 aromatic heterocycles. The Kier molecular flexibility index (Phi) is 7.13. The molecular formula is C19H21F3N4O3. The molecule has 2 rings (SSSR count). The maximum absolute atomic E-state index is 12.5. The van der Waals surface area contributed by atoms with Crippen LogP contribution in [0.3, 0.4) is 0 Å². The first-order chi connectivity index (χ1) is 13.5. The highest BCUT2D eigenvalue weighted by Crippen LogP contribution is 2.22. The van der Waals surface area contributed by atoms with Crippen LogP contribution in [0.4, 0.5) is 19.0 Å². The van der Waals surface area contributed by atoms with Crippen molar-refractivity contribution in [3.05, 3.63) is 47.3 Å². The van der Waals surface area contributed by atoms with E-state index in [1.807, 2.05) is 0 Å². The Balaban J connectivity index is 2.01. The third-order valence-electron chi connectivity index (χ3n) is 3.85. The molecule has 0 aliphatic heterocycles. The van der Waals surface area contributed by atoms with Crippen LogP contribution in [0.25, 0.3) is 0 Å². The molecule has 0 bridgehead atoms. The van der Waals surface area contributed by atoms with Crippen LogP contribution in [0, 0.1) is 6.92 Å². The molecule has 2 amide bonds. The lowest BCUT2D eigenvalue weighted by Gasteiger charge is -2.16. The molecule has 0 saturated heterocycles. The minimum atomic E-state index is -4.31. The molecule has 2 aromatic rings. The summed E-state index contributed by atoms with van der Waals surface area (Å²) in [6.07, 6.45) is -2.63. The summed E-state index contributed by atoms with van der Waals surface area (Å²) in [5.74, 6) is -0.250. The number of aromatic nitrogens is 2. The number of aryl methyl sites for hydroxylation is 1. The number of carbonyl (C=O) groups excluding carboxylic acids is 2. The van der Waals surface area contributed by atoms with Crippen LogP contribution >= 0.6 is 0 Å². The van der Waals surface area contributed by atoms with E-state index in [1.165, 1.54) is 25.4 Å². The lowest BCUT2D eigenvalue weighted by atomic mass is 10.1. The zero-order chi connectivity index (χ0) is 21.6. The van der Waals surface area contributed by atoms with E-state index in [9.17, 15) is 22.8 Å². The van der Waals surface area contributed by atoms with E-state index in [0.717, 1.165) is 5.56 Å². The topological polar surface area (TPSA) is 93.2 Å². The number of amides is 2. The molecular weight excluding hydrogens is 389 g/mol. The monoisotopic (exact) mass is 410 g/mol. The van der Waals surface area contributed by atoms with Gasteiger partial charge in [-0.3, -0.25) is 9.59 Å². The van der Waals surface area contributed by atoms with Crippen molar-refractivity contribution in [1.29, 1.82) is 0 Å². The average molecular weight is 410 g/mol. The highest BCUT2D eigenvalue weighted by molar-refractivity contribution is 5.94. The molecule has 0 aliphatic rings. The Morgan fingerprint density at radius 2 is 1.97 bits per heavy atom. The molecule has 156 valence electrons. The minimum absolute atomic E-state index is 0.0490. The zero-order valence-corrected chi connectivity index (χ0v) is 16.1. The standard InChI is InChI=1S/C19H21F3N4O3/c1-11-8-15(10-24-18(11)29-7-5-19(20,21)22)17(28)25-12(2)14-4-6-23-16(9-14)26-13(3)27/h4,6,8-10,12H,5,7H2,1-3H3,(H,25,28)(H,23,26,27). The van der Waals surface area contributed by atoms with Gasteiger partial charge in [0.15, 0.2) is 0 Å². The van der Waals surface area contributed by atoms with Crippen molar-refractivity contribution in [3.8, 4) is 5.88 Å². The zero-order valence-electron chi connectivity index (χ0n) is 16.1. The maximum atomic E-state index is 12.5. The Hall–Kier alpha value is -3.17. The quantitative estimate of drug-likeness (QED) is 0.728. The molecule has 29 heavy (non-hydrogen) atoms. The van der Waals surface area contributed by atoms with Crippen molar-refractivity contribution < 1.29 is 27.5 Å². The van der Waals surface area contributed by atoms with Crippen molar-refractivity contribution >= 4 is 17.6 Å². The van der Waals surface area contributed by atoms with Gasteiger partial charge in [0, 0.05) is 24.9 Å². The van der Waals surface area contributed by atoms with Gasteiger partial charge in [-0.15, -0.1) is 0 Å². The van der Waals surface area contributed by atoms with Gasteiger partial charge in [-0.25, -0.2) is 9.97 Å². The maximum Gasteiger partial charge on any atom is 0.392 e. The number of halogens is 3. The van der Waals surface area contributed by atoms with E-state index >= 15 is 0 Å². The second-order valence-corrected chi connectivity index (χ2v) is 6.41. The summed E-state index contributed by atoms with van der Waals surface area (Å²) in [6.45, 7) is 4.18. The van der Waals surface area contributed by atoms with Crippen LogP contribution in [0.5, 0.6) is 5.88 Å². The van der Waals surface area contributed by atoms with E-state index in [2.05, 4.69) is 20.6 Å². The molecule has 0 fully saturated rings. The smallest absolute Gasteiger partial charge is 0.392 e. The Labute approximate surface area is 165 Å². The van der Waals surface area contributed by atoms with Crippen LogP contribution in [-0.2, 0) is 4.79 Å². The van der Waals surface area contributed by atoms with Crippen molar-refractivity contribution in [1.82, 2.24) is 15.3 Å². The van der Waals surface area contributed by atoms with Crippen LogP contribution in [0.15, 0.2) is 30.6 Å². The van der Waals surface area contributed by atoms with Gasteiger partial charge in [0.25, 0.3) is 5.91 Å². The number of rotatable bonds is 7. The van der Waals surface area contributed by atoms with Gasteiger partial charge in [-0.1, -0.05) is 0 Å². The third kappa shape index (κ3) is 7.05. The fraction of sp³-hybridized carbons (Fsp3) is 0.368. The summed E-state index contributed by atoms with van der Waals surface area (Å²) in [6, 6.07) is 4.46.